The Bertz CT molecular complexity index is 2050. The molecule has 0 unspecified atom stereocenters. The van der Waals surface area contributed by atoms with Crippen LogP contribution in [0.5, 0.6) is 0 Å². The number of carbonyl (C=O) groups is 2. The smallest absolute Gasteiger partial charge is 0.434 e. The van der Waals surface area contributed by atoms with E-state index in [-0.39, 0.29) is 37.3 Å². The number of carbonyl (C=O) groups excluding carboxylic acids is 2. The number of aromatic nitrogens is 2. The van der Waals surface area contributed by atoms with Crippen LogP contribution in [0.15, 0.2) is 152 Å². The zero-order chi connectivity index (χ0) is 36.6. The highest BCUT2D eigenvalue weighted by Gasteiger charge is 2.39. The Hall–Kier alpha value is -6.20. The van der Waals surface area contributed by atoms with Crippen molar-refractivity contribution in [3.05, 3.63) is 190 Å². The van der Waals surface area contributed by atoms with E-state index in [2.05, 4.69) is 76.3 Å². The molecule has 53 heavy (non-hydrogen) atoms. The summed E-state index contributed by atoms with van der Waals surface area (Å²) in [5, 5.41) is 17.1. The Morgan fingerprint density at radius 3 is 1.83 bits per heavy atom. The van der Waals surface area contributed by atoms with Crippen molar-refractivity contribution in [2.75, 3.05) is 18.9 Å². The fourth-order valence-electron chi connectivity index (χ4n) is 7.01. The van der Waals surface area contributed by atoms with Gasteiger partial charge in [-0.3, -0.25) is 4.79 Å². The van der Waals surface area contributed by atoms with Gasteiger partial charge in [0.2, 0.25) is 5.91 Å². The molecule has 0 saturated carbocycles. The molecule has 1 atom stereocenters. The van der Waals surface area contributed by atoms with Gasteiger partial charge in [-0.15, -0.1) is 11.8 Å². The van der Waals surface area contributed by atoms with Gasteiger partial charge >= 0.3 is 12.0 Å². The summed E-state index contributed by atoms with van der Waals surface area (Å²) < 4.78 is 6.49. The van der Waals surface area contributed by atoms with Gasteiger partial charge in [0.05, 0.1) is 11.3 Å². The molecule has 0 radical (unpaired) electrons. The van der Waals surface area contributed by atoms with Crippen LogP contribution in [-0.4, -0.2) is 51.4 Å². The fourth-order valence-corrected chi connectivity index (χ4v) is 8.57. The number of fused-ring (bicyclic) bond motifs is 3. The van der Waals surface area contributed by atoms with E-state index in [0.717, 1.165) is 38.9 Å². The lowest BCUT2D eigenvalue weighted by Gasteiger charge is -2.36. The molecular formula is C42H37N5O5S. The van der Waals surface area contributed by atoms with Crippen LogP contribution in [0.25, 0.3) is 11.1 Å². The van der Waals surface area contributed by atoms with Crippen LogP contribution in [-0.2, 0) is 20.8 Å². The molecule has 5 aromatic carbocycles. The highest BCUT2D eigenvalue weighted by atomic mass is 32.2. The Balaban J connectivity index is 1.15. The molecule has 7 rings (SSSR count). The van der Waals surface area contributed by atoms with Crippen molar-refractivity contribution in [3.8, 4) is 11.1 Å². The van der Waals surface area contributed by atoms with E-state index >= 15 is 0 Å². The minimum absolute atomic E-state index is 0.0742. The molecule has 1 aliphatic carbocycles. The van der Waals surface area contributed by atoms with Gasteiger partial charge in [0.1, 0.15) is 25.0 Å². The van der Waals surface area contributed by atoms with Crippen molar-refractivity contribution in [2.24, 2.45) is 0 Å². The molecule has 0 aliphatic heterocycles. The number of ether oxygens (including phenoxy) is 1. The van der Waals surface area contributed by atoms with Crippen LogP contribution in [0.2, 0.25) is 0 Å². The predicted octanol–water partition coefficient (Wildman–Crippen LogP) is 7.54. The number of rotatable bonds is 14. The Kier molecular flexibility index (Phi) is 10.6. The second-order valence-corrected chi connectivity index (χ2v) is 13.8. The molecule has 1 heterocycles. The molecule has 11 heteroatoms. The van der Waals surface area contributed by atoms with Gasteiger partial charge in [0.25, 0.3) is 0 Å². The summed E-state index contributed by atoms with van der Waals surface area (Å²) in [5.41, 5.74) is 7.42. The highest BCUT2D eigenvalue weighted by molar-refractivity contribution is 8.00. The molecule has 1 aromatic heterocycles. The van der Waals surface area contributed by atoms with Crippen LogP contribution < -0.4 is 10.6 Å². The van der Waals surface area contributed by atoms with Gasteiger partial charge < -0.3 is 25.5 Å². The van der Waals surface area contributed by atoms with Crippen molar-refractivity contribution >= 4 is 29.7 Å². The maximum atomic E-state index is 14.0. The van der Waals surface area contributed by atoms with Crippen LogP contribution in [0.4, 0.5) is 10.7 Å². The molecule has 0 saturated heterocycles. The number of hydrogen-bond acceptors (Lipinski definition) is 7. The maximum absolute atomic E-state index is 14.0. The summed E-state index contributed by atoms with van der Waals surface area (Å²) >= 11 is 1.53. The summed E-state index contributed by atoms with van der Waals surface area (Å²) in [6.07, 6.45) is 2.11. The maximum Gasteiger partial charge on any atom is 0.434 e. The minimum atomic E-state index is -1.02. The Morgan fingerprint density at radius 1 is 0.792 bits per heavy atom. The highest BCUT2D eigenvalue weighted by Crippen LogP contribution is 2.49. The first-order chi connectivity index (χ1) is 26.0. The lowest BCUT2D eigenvalue weighted by atomic mass is 9.84. The number of thioether (sulfide) groups is 1. The second kappa shape index (κ2) is 16.0. The van der Waals surface area contributed by atoms with Crippen LogP contribution in [0.3, 0.4) is 0 Å². The van der Waals surface area contributed by atoms with Gasteiger partial charge in [-0.25, -0.2) is 9.36 Å². The summed E-state index contributed by atoms with van der Waals surface area (Å²) in [6, 6.07) is 45.4. The van der Waals surface area contributed by atoms with E-state index < -0.39 is 27.7 Å². The second-order valence-electron chi connectivity index (χ2n) is 12.6. The number of benzene rings is 5. The van der Waals surface area contributed by atoms with Crippen LogP contribution >= 0.6 is 11.8 Å². The standard InChI is InChI=1S/C42H37N5O5S/c48-39(43-24-26-46-27-25-44-40(46)47(50)51)38(45-41(49)52-28-37-35-22-12-10-20-33(35)34-21-11-13-23-36(34)37)29-53-42(30-14-4-1-5-15-30,31-16-6-2-7-17-31)32-18-8-3-9-19-32/h1-23,25,27,37-38H,24,26,28-29H2,(H,43,48)(H,45,49)/t38-/m0/s1. The van der Waals surface area contributed by atoms with Gasteiger partial charge in [-0.2, -0.15) is 0 Å². The molecule has 6 aromatic rings. The third kappa shape index (κ3) is 7.42. The Morgan fingerprint density at radius 2 is 1.30 bits per heavy atom. The van der Waals surface area contributed by atoms with Crippen LogP contribution in [0.1, 0.15) is 33.7 Å². The van der Waals surface area contributed by atoms with Crippen molar-refractivity contribution in [3.63, 3.8) is 0 Å². The van der Waals surface area contributed by atoms with E-state index in [4.69, 9.17) is 4.74 Å². The Labute approximate surface area is 311 Å². The minimum Gasteiger partial charge on any atom is -0.449 e. The van der Waals surface area contributed by atoms with Gasteiger partial charge in [-0.05, 0) is 43.9 Å². The molecule has 10 nitrogen and oxygen atoms in total. The zero-order valence-electron chi connectivity index (χ0n) is 28.7. The van der Waals surface area contributed by atoms with E-state index in [1.54, 1.807) is 0 Å². The number of nitro groups is 1. The lowest BCUT2D eigenvalue weighted by Crippen LogP contribution is -2.49. The van der Waals surface area contributed by atoms with Crippen molar-refractivity contribution < 1.29 is 19.2 Å². The first-order valence-corrected chi connectivity index (χ1v) is 18.3. The molecule has 0 spiro atoms. The number of nitrogens with one attached hydrogen (secondary N) is 2. The monoisotopic (exact) mass is 723 g/mol. The van der Waals surface area contributed by atoms with Crippen molar-refractivity contribution in [2.45, 2.75) is 23.3 Å². The SMILES string of the molecule is O=C(N[C@@H](CSC(c1ccccc1)(c1ccccc1)c1ccccc1)C(=O)NCCn1ccnc1[N+](=O)[O-])OCC1c2ccccc2-c2ccccc21. The summed E-state index contributed by atoms with van der Waals surface area (Å²) in [4.78, 5) is 42.2. The van der Waals surface area contributed by atoms with E-state index in [1.165, 1.54) is 28.7 Å². The molecule has 2 amide bonds. The lowest BCUT2D eigenvalue weighted by molar-refractivity contribution is -0.396. The largest absolute Gasteiger partial charge is 0.449 e. The summed E-state index contributed by atoms with van der Waals surface area (Å²) in [7, 11) is 0. The summed E-state index contributed by atoms with van der Waals surface area (Å²) in [6.45, 7) is 0.285. The van der Waals surface area contributed by atoms with Crippen LogP contribution in [0, 0.1) is 10.1 Å². The fraction of sp³-hybridized carbons (Fsp3) is 0.167. The quantitative estimate of drug-likeness (QED) is 0.0675. The number of alkyl carbamates (subject to hydrolysis) is 1. The molecule has 0 bridgehead atoms. The normalized spacial score (nSPS) is 12.7. The molecule has 2 N–H and O–H groups in total. The number of nitrogens with zero attached hydrogens (tertiary/aromatic N) is 3. The number of imidazole rings is 1. The van der Waals surface area contributed by atoms with Crippen molar-refractivity contribution in [1.29, 1.82) is 0 Å². The number of amides is 2. The van der Waals surface area contributed by atoms with E-state index in [0.29, 0.717) is 0 Å². The average Bonchev–Trinajstić information content (AvgIpc) is 3.81. The molecule has 1 aliphatic rings. The molecular weight excluding hydrogens is 687 g/mol. The van der Waals surface area contributed by atoms with Gasteiger partial charge in [0.15, 0.2) is 0 Å². The van der Waals surface area contributed by atoms with E-state index in [9.17, 15) is 19.7 Å². The average molecular weight is 724 g/mol. The van der Waals surface area contributed by atoms with Crippen molar-refractivity contribution in [1.82, 2.24) is 20.2 Å². The molecule has 266 valence electrons. The van der Waals surface area contributed by atoms with E-state index in [1.807, 2.05) is 78.9 Å². The first-order valence-electron chi connectivity index (χ1n) is 17.3. The van der Waals surface area contributed by atoms with Gasteiger partial charge in [0, 0.05) is 18.2 Å². The number of hydrogen-bond donors (Lipinski definition) is 2. The summed E-state index contributed by atoms with van der Waals surface area (Å²) in [5.74, 6) is -0.749. The third-order valence-corrected chi connectivity index (χ3v) is 11.1. The first kappa shape index (κ1) is 35.2. The third-order valence-electron chi connectivity index (χ3n) is 9.47. The molecule has 0 fully saturated rings. The van der Waals surface area contributed by atoms with Gasteiger partial charge in [-0.1, -0.05) is 145 Å². The zero-order valence-corrected chi connectivity index (χ0v) is 29.5. The topological polar surface area (TPSA) is 128 Å². The predicted molar refractivity (Wildman–Crippen MR) is 206 cm³/mol.